The number of ether oxygens (including phenoxy) is 2. The molecule has 1 saturated heterocycles. The van der Waals surface area contributed by atoms with Crippen molar-refractivity contribution >= 4 is 23.4 Å². The molecule has 6 N–H and O–H groups in total. The molecule has 0 bridgehead atoms. The fraction of sp³-hybridized carbons (Fsp3) is 0.286. The fourth-order valence-corrected chi connectivity index (χ4v) is 4.71. The number of carbonyl (C=O) groups excluding carboxylic acids is 3. The van der Waals surface area contributed by atoms with Gasteiger partial charge in [-0.3, -0.25) is 14.4 Å². The molecule has 5 rings (SSSR count). The number of aromatic nitrogens is 1. The van der Waals surface area contributed by atoms with Crippen molar-refractivity contribution in [2.24, 2.45) is 0 Å². The highest BCUT2D eigenvalue weighted by Gasteiger charge is 2.28. The zero-order chi connectivity index (χ0) is 27.4. The Labute approximate surface area is 224 Å². The second-order valence-corrected chi connectivity index (χ2v) is 9.37. The summed E-state index contributed by atoms with van der Waals surface area (Å²) in [4.78, 5) is 43.1. The number of benzene rings is 2. The van der Waals surface area contributed by atoms with E-state index in [1.807, 2.05) is 0 Å². The van der Waals surface area contributed by atoms with E-state index in [-0.39, 0.29) is 58.9 Å². The molecular weight excluding hydrogens is 502 g/mol. The van der Waals surface area contributed by atoms with Crippen LogP contribution in [0.25, 0.3) is 0 Å². The maximum atomic E-state index is 13.2. The average Bonchev–Trinajstić information content (AvgIpc) is 3.17. The van der Waals surface area contributed by atoms with Gasteiger partial charge in [0.2, 0.25) is 5.78 Å². The summed E-state index contributed by atoms with van der Waals surface area (Å²) in [6, 6.07) is 11.5. The summed E-state index contributed by atoms with van der Waals surface area (Å²) < 4.78 is 11.1. The number of nitrogens with zero attached hydrogens (tertiary/aromatic N) is 1. The lowest BCUT2D eigenvalue weighted by molar-refractivity contribution is 0.0882. The van der Waals surface area contributed by atoms with E-state index in [1.54, 1.807) is 24.3 Å². The standard InChI is InChI=1S/C28H29N5O6/c29-23-14-18(9-11-31-23)28(37)33-20-15-30-10-1-2-19(20)32-27(36)17-5-3-16(4-6-17)25(35)24-21(34)7-8-22-26(24)39-13-12-38-22/h3-9,11,14,19-20,30,34H,1-2,10,12-13,15H2,(H2,29,31)(H,32,36)(H,33,37)/t19-,20-/m1/s1. The third kappa shape index (κ3) is 5.78. The quantitative estimate of drug-likeness (QED) is 0.297. The first-order valence-electron chi connectivity index (χ1n) is 12.7. The average molecular weight is 532 g/mol. The van der Waals surface area contributed by atoms with Gasteiger partial charge in [0.15, 0.2) is 11.5 Å². The molecule has 2 aliphatic rings. The van der Waals surface area contributed by atoms with Crippen molar-refractivity contribution in [2.45, 2.75) is 24.9 Å². The topological polar surface area (TPSA) is 165 Å². The molecule has 0 unspecified atom stereocenters. The maximum absolute atomic E-state index is 13.2. The van der Waals surface area contributed by atoms with Gasteiger partial charge in [0.1, 0.15) is 30.3 Å². The van der Waals surface area contributed by atoms with E-state index in [1.165, 1.54) is 30.5 Å². The summed E-state index contributed by atoms with van der Waals surface area (Å²) >= 11 is 0. The largest absolute Gasteiger partial charge is 0.507 e. The Morgan fingerprint density at radius 2 is 1.64 bits per heavy atom. The maximum Gasteiger partial charge on any atom is 0.251 e. The van der Waals surface area contributed by atoms with Gasteiger partial charge in [-0.25, -0.2) is 4.98 Å². The summed E-state index contributed by atoms with van der Waals surface area (Å²) in [6.45, 7) is 1.88. The van der Waals surface area contributed by atoms with E-state index in [2.05, 4.69) is 20.9 Å². The number of anilines is 1. The zero-order valence-electron chi connectivity index (χ0n) is 21.1. The minimum Gasteiger partial charge on any atom is -0.507 e. The number of fused-ring (bicyclic) bond motifs is 1. The molecule has 3 heterocycles. The number of phenolic OH excluding ortho intramolecular Hbond substituents is 1. The molecule has 1 fully saturated rings. The first-order chi connectivity index (χ1) is 18.9. The number of pyridine rings is 1. The number of ketones is 1. The molecular formula is C28H29N5O6. The van der Waals surface area contributed by atoms with E-state index < -0.39 is 5.78 Å². The van der Waals surface area contributed by atoms with Gasteiger partial charge in [0, 0.05) is 29.4 Å². The van der Waals surface area contributed by atoms with E-state index in [9.17, 15) is 19.5 Å². The van der Waals surface area contributed by atoms with Gasteiger partial charge in [-0.2, -0.15) is 0 Å². The third-order valence-electron chi connectivity index (χ3n) is 6.72. The summed E-state index contributed by atoms with van der Waals surface area (Å²) in [6.07, 6.45) is 2.96. The lowest BCUT2D eigenvalue weighted by Crippen LogP contribution is -2.54. The fourth-order valence-electron chi connectivity index (χ4n) is 4.71. The Morgan fingerprint density at radius 3 is 2.44 bits per heavy atom. The van der Waals surface area contributed by atoms with Gasteiger partial charge in [-0.15, -0.1) is 0 Å². The number of nitrogens with two attached hydrogens (primary N) is 1. The highest BCUT2D eigenvalue weighted by molar-refractivity contribution is 6.13. The monoisotopic (exact) mass is 531 g/mol. The third-order valence-corrected chi connectivity index (χ3v) is 6.72. The smallest absolute Gasteiger partial charge is 0.251 e. The van der Waals surface area contributed by atoms with Gasteiger partial charge in [0.05, 0.1) is 12.1 Å². The molecule has 0 saturated carbocycles. The van der Waals surface area contributed by atoms with Crippen molar-refractivity contribution in [3.63, 3.8) is 0 Å². The van der Waals surface area contributed by atoms with Crippen LogP contribution in [0.2, 0.25) is 0 Å². The molecule has 3 aromatic rings. The number of hydrogen-bond acceptors (Lipinski definition) is 9. The van der Waals surface area contributed by atoms with Crippen molar-refractivity contribution in [3.05, 3.63) is 77.0 Å². The van der Waals surface area contributed by atoms with Crippen molar-refractivity contribution in [2.75, 3.05) is 32.0 Å². The number of amides is 2. The molecule has 0 radical (unpaired) electrons. The number of nitrogen functional groups attached to an aromatic ring is 1. The number of aromatic hydroxyl groups is 1. The first-order valence-corrected chi connectivity index (χ1v) is 12.7. The van der Waals surface area contributed by atoms with Crippen LogP contribution in [0.3, 0.4) is 0 Å². The second kappa shape index (κ2) is 11.4. The predicted molar refractivity (Wildman–Crippen MR) is 142 cm³/mol. The molecule has 2 amide bonds. The van der Waals surface area contributed by atoms with Crippen LogP contribution in [-0.2, 0) is 0 Å². The van der Waals surface area contributed by atoms with Crippen LogP contribution in [-0.4, -0.2) is 66.1 Å². The summed E-state index contributed by atoms with van der Waals surface area (Å²) in [5.74, 6) is -0.447. The number of phenols is 1. The van der Waals surface area contributed by atoms with Crippen LogP contribution in [0.4, 0.5) is 5.82 Å². The summed E-state index contributed by atoms with van der Waals surface area (Å²) in [5, 5.41) is 19.7. The lowest BCUT2D eigenvalue weighted by Gasteiger charge is -2.27. The molecule has 2 aromatic carbocycles. The van der Waals surface area contributed by atoms with Gasteiger partial charge in [-0.05, 0) is 55.8 Å². The normalized spacial score (nSPS) is 18.5. The minimum absolute atomic E-state index is 0.0184. The van der Waals surface area contributed by atoms with Crippen molar-refractivity contribution in [3.8, 4) is 17.2 Å². The number of nitrogens with one attached hydrogen (secondary N) is 3. The molecule has 2 atom stereocenters. The molecule has 39 heavy (non-hydrogen) atoms. The van der Waals surface area contributed by atoms with Crippen LogP contribution >= 0.6 is 0 Å². The SMILES string of the molecule is Nc1cc(C(=O)N[C@@H]2CNCCC[C@H]2NC(=O)c2ccc(C(=O)c3c(O)ccc4c3OCCO4)cc2)ccn1. The van der Waals surface area contributed by atoms with Gasteiger partial charge in [-0.1, -0.05) is 12.1 Å². The van der Waals surface area contributed by atoms with Gasteiger partial charge >= 0.3 is 0 Å². The highest BCUT2D eigenvalue weighted by Crippen LogP contribution is 2.40. The Hall–Kier alpha value is -4.64. The Bertz CT molecular complexity index is 1390. The summed E-state index contributed by atoms with van der Waals surface area (Å²) in [5.41, 5.74) is 6.75. The lowest BCUT2D eigenvalue weighted by atomic mass is 9.99. The van der Waals surface area contributed by atoms with Crippen molar-refractivity contribution in [1.29, 1.82) is 0 Å². The molecule has 0 spiro atoms. The predicted octanol–water partition coefficient (Wildman–Crippen LogP) is 1.65. The van der Waals surface area contributed by atoms with E-state index in [4.69, 9.17) is 15.2 Å². The Kier molecular flexibility index (Phi) is 7.60. The molecule has 0 aliphatic carbocycles. The summed E-state index contributed by atoms with van der Waals surface area (Å²) in [7, 11) is 0. The van der Waals surface area contributed by atoms with Crippen LogP contribution in [0.5, 0.6) is 17.2 Å². The van der Waals surface area contributed by atoms with Crippen LogP contribution in [0.15, 0.2) is 54.7 Å². The van der Waals surface area contributed by atoms with Crippen LogP contribution in [0, 0.1) is 0 Å². The Balaban J connectivity index is 1.29. The number of rotatable bonds is 6. The second-order valence-electron chi connectivity index (χ2n) is 9.37. The molecule has 11 heteroatoms. The van der Waals surface area contributed by atoms with E-state index in [0.717, 1.165) is 13.0 Å². The van der Waals surface area contributed by atoms with Gasteiger partial charge < -0.3 is 36.3 Å². The molecule has 202 valence electrons. The van der Waals surface area contributed by atoms with Crippen LogP contribution < -0.4 is 31.2 Å². The van der Waals surface area contributed by atoms with E-state index in [0.29, 0.717) is 36.4 Å². The van der Waals surface area contributed by atoms with Gasteiger partial charge in [0.25, 0.3) is 11.8 Å². The number of carbonyl (C=O) groups is 3. The molecule has 11 nitrogen and oxygen atoms in total. The minimum atomic E-state index is -0.448. The van der Waals surface area contributed by atoms with E-state index >= 15 is 0 Å². The highest BCUT2D eigenvalue weighted by atomic mass is 16.6. The van der Waals surface area contributed by atoms with Crippen molar-refractivity contribution < 1.29 is 29.0 Å². The number of hydrogen-bond donors (Lipinski definition) is 5. The molecule has 2 aliphatic heterocycles. The van der Waals surface area contributed by atoms with Crippen LogP contribution in [0.1, 0.15) is 49.5 Å². The van der Waals surface area contributed by atoms with Crippen molar-refractivity contribution in [1.82, 2.24) is 20.9 Å². The Morgan fingerprint density at radius 1 is 0.923 bits per heavy atom. The zero-order valence-corrected chi connectivity index (χ0v) is 21.1. The molecule has 1 aromatic heterocycles. The first kappa shape index (κ1) is 26.0.